The molecule has 0 bridgehead atoms. The quantitative estimate of drug-likeness (QED) is 0.150. The number of hydrogen-bond acceptors (Lipinski definition) is 4. The lowest BCUT2D eigenvalue weighted by molar-refractivity contribution is 0.477. The van der Waals surface area contributed by atoms with E-state index in [4.69, 9.17) is 15.0 Å². The molecule has 1 unspecified atom stereocenters. The van der Waals surface area contributed by atoms with E-state index in [1.807, 2.05) is 36.7 Å². The van der Waals surface area contributed by atoms with E-state index in [0.717, 1.165) is 90.9 Å². The van der Waals surface area contributed by atoms with Gasteiger partial charge >= 0.3 is 0 Å². The van der Waals surface area contributed by atoms with Gasteiger partial charge in [-0.1, -0.05) is 122 Å². The zero-order valence-electron chi connectivity index (χ0n) is 31.5. The predicted molar refractivity (Wildman–Crippen MR) is 239 cm³/mol. The average molecular weight is 737 g/mol. The summed E-state index contributed by atoms with van der Waals surface area (Å²) in [5.74, 6) is 0. The van der Waals surface area contributed by atoms with Crippen molar-refractivity contribution in [3.63, 3.8) is 0 Å². The second-order valence-electron chi connectivity index (χ2n) is 14.4. The molecule has 10 rings (SSSR count). The minimum Gasteiger partial charge on any atom is -0.350 e. The second-order valence-corrected chi connectivity index (χ2v) is 14.4. The second kappa shape index (κ2) is 14.7. The van der Waals surface area contributed by atoms with Crippen LogP contribution in [0.5, 0.6) is 0 Å². The van der Waals surface area contributed by atoms with Crippen molar-refractivity contribution in [1.82, 2.24) is 19.4 Å². The van der Waals surface area contributed by atoms with E-state index in [2.05, 4.69) is 161 Å². The van der Waals surface area contributed by atoms with Gasteiger partial charge in [-0.05, 0) is 73.0 Å². The number of fused-ring (bicyclic) bond motifs is 7. The van der Waals surface area contributed by atoms with Crippen molar-refractivity contribution in [1.29, 1.82) is 0 Å². The van der Waals surface area contributed by atoms with Crippen LogP contribution in [-0.4, -0.2) is 26.0 Å². The van der Waals surface area contributed by atoms with Crippen molar-refractivity contribution in [3.8, 4) is 16.9 Å². The molecule has 6 heteroatoms. The van der Waals surface area contributed by atoms with Crippen molar-refractivity contribution in [2.75, 3.05) is 0 Å². The number of allylic oxidation sites excluding steroid dienone is 7. The largest absolute Gasteiger partial charge is 0.350 e. The number of pyridine rings is 1. The molecule has 0 saturated heterocycles. The Morgan fingerprint density at radius 3 is 2.23 bits per heavy atom. The van der Waals surface area contributed by atoms with E-state index in [-0.39, 0.29) is 0 Å². The van der Waals surface area contributed by atoms with Gasteiger partial charge in [0.1, 0.15) is 0 Å². The first kappa shape index (κ1) is 34.2. The number of aliphatic imine (C=N–C) groups is 2. The van der Waals surface area contributed by atoms with E-state index in [1.165, 1.54) is 10.8 Å². The molecule has 8 aromatic rings. The standard InChI is InChI=1S/C51H40N6/c1-2-3-4-5-10-19-38-34-46(35-17-8-6-9-18-35)55-51(54-38)57-48-29-25-37(45-23-14-16-31-53-45)33-43(48)41-27-26-40-42-32-36(44-22-13-15-30-52-44)24-28-47(42)56(49(40)50(41)57)39-20-11-7-12-21-39/h2-12,14,16-18,20-34,51,54H,1,13,15,19H2/b4-3-,10-5-. The van der Waals surface area contributed by atoms with Crippen molar-refractivity contribution in [2.45, 2.75) is 25.6 Å². The summed E-state index contributed by atoms with van der Waals surface area (Å²) in [6.07, 6.45) is 20.5. The van der Waals surface area contributed by atoms with Crippen LogP contribution in [0, 0.1) is 0 Å². The summed E-state index contributed by atoms with van der Waals surface area (Å²) in [6.45, 7) is 3.81. The minimum atomic E-state index is -0.442. The Labute approximate surface area is 331 Å². The Morgan fingerprint density at radius 1 is 0.684 bits per heavy atom. The predicted octanol–water partition coefficient (Wildman–Crippen LogP) is 12.3. The smallest absolute Gasteiger partial charge is 0.201 e. The highest BCUT2D eigenvalue weighted by Crippen LogP contribution is 2.43. The van der Waals surface area contributed by atoms with E-state index >= 15 is 0 Å². The fourth-order valence-electron chi connectivity index (χ4n) is 8.29. The Morgan fingerprint density at radius 2 is 1.44 bits per heavy atom. The van der Waals surface area contributed by atoms with E-state index in [0.29, 0.717) is 6.42 Å². The summed E-state index contributed by atoms with van der Waals surface area (Å²) < 4.78 is 4.85. The molecule has 0 radical (unpaired) electrons. The molecular formula is C51H40N6. The summed E-state index contributed by atoms with van der Waals surface area (Å²) in [5.41, 5.74) is 12.8. The maximum absolute atomic E-state index is 5.52. The van der Waals surface area contributed by atoms with Gasteiger partial charge in [-0.15, -0.1) is 0 Å². The Kier molecular flexibility index (Phi) is 8.84. The van der Waals surface area contributed by atoms with Crippen LogP contribution in [-0.2, 0) is 0 Å². The van der Waals surface area contributed by atoms with Crippen LogP contribution < -0.4 is 5.32 Å². The maximum atomic E-state index is 5.52. The van der Waals surface area contributed by atoms with Crippen LogP contribution in [0.25, 0.3) is 66.3 Å². The molecule has 6 nitrogen and oxygen atoms in total. The Bertz CT molecular complexity index is 3010. The minimum absolute atomic E-state index is 0.442. The number of nitrogens with zero attached hydrogens (tertiary/aromatic N) is 5. The molecule has 0 aliphatic carbocycles. The first-order chi connectivity index (χ1) is 28.2. The summed E-state index contributed by atoms with van der Waals surface area (Å²) in [4.78, 5) is 15.0. The molecule has 5 aromatic carbocycles. The molecule has 2 aliphatic heterocycles. The van der Waals surface area contributed by atoms with Gasteiger partial charge in [-0.2, -0.15) is 0 Å². The molecule has 0 spiro atoms. The lowest BCUT2D eigenvalue weighted by Gasteiger charge is -2.27. The third-order valence-electron chi connectivity index (χ3n) is 10.9. The first-order valence-corrected chi connectivity index (χ1v) is 19.5. The van der Waals surface area contributed by atoms with Crippen LogP contribution in [0.1, 0.15) is 36.7 Å². The number of aromatic nitrogens is 3. The monoisotopic (exact) mass is 736 g/mol. The molecule has 5 heterocycles. The molecule has 57 heavy (non-hydrogen) atoms. The van der Waals surface area contributed by atoms with Gasteiger partial charge in [0.2, 0.25) is 6.29 Å². The Balaban J connectivity index is 1.29. The van der Waals surface area contributed by atoms with Crippen molar-refractivity contribution in [2.24, 2.45) is 9.98 Å². The fourth-order valence-corrected chi connectivity index (χ4v) is 8.29. The number of hydrogen-bond donors (Lipinski definition) is 1. The van der Waals surface area contributed by atoms with Crippen LogP contribution >= 0.6 is 0 Å². The van der Waals surface area contributed by atoms with Crippen LogP contribution in [0.3, 0.4) is 0 Å². The Hall–Kier alpha value is -7.31. The number of benzene rings is 5. The SMILES string of the molecule is C=C/C=C\C=C/CC1=CC(c2ccccc2)=NC(n2c3ccc(-c4ccccn4)cc3c3ccc4c5cc(C6=CCCC=N6)ccc5n(-c5ccccc5)c4c32)N1. The van der Waals surface area contributed by atoms with Gasteiger partial charge < -0.3 is 9.88 Å². The average Bonchev–Trinajstić information content (AvgIpc) is 3.80. The van der Waals surface area contributed by atoms with Crippen LogP contribution in [0.4, 0.5) is 0 Å². The molecule has 1 N–H and O–H groups in total. The summed E-state index contributed by atoms with van der Waals surface area (Å²) in [6, 6.07) is 45.4. The highest BCUT2D eigenvalue weighted by atomic mass is 15.3. The molecule has 3 aromatic heterocycles. The van der Waals surface area contributed by atoms with Gasteiger partial charge in [-0.25, -0.2) is 4.99 Å². The van der Waals surface area contributed by atoms with E-state index in [1.54, 1.807) is 6.08 Å². The maximum Gasteiger partial charge on any atom is 0.201 e. The van der Waals surface area contributed by atoms with Crippen molar-refractivity contribution < 1.29 is 0 Å². The van der Waals surface area contributed by atoms with Crippen molar-refractivity contribution in [3.05, 3.63) is 200 Å². The molecule has 0 fully saturated rings. The van der Waals surface area contributed by atoms with E-state index < -0.39 is 6.29 Å². The fraction of sp³-hybridized carbons (Fsp3) is 0.0784. The summed E-state index contributed by atoms with van der Waals surface area (Å²) >= 11 is 0. The van der Waals surface area contributed by atoms with E-state index in [9.17, 15) is 0 Å². The van der Waals surface area contributed by atoms with Crippen molar-refractivity contribution >= 4 is 61.2 Å². The zero-order chi connectivity index (χ0) is 38.1. The number of nitrogens with one attached hydrogen (secondary N) is 1. The van der Waals surface area contributed by atoms with Gasteiger partial charge in [-0.3, -0.25) is 14.5 Å². The number of para-hydroxylation sites is 1. The lowest BCUT2D eigenvalue weighted by Crippen LogP contribution is -2.29. The molecule has 1 atom stereocenters. The third kappa shape index (κ3) is 6.21. The normalized spacial score (nSPS) is 15.8. The molecule has 0 amide bonds. The highest BCUT2D eigenvalue weighted by molar-refractivity contribution is 6.24. The van der Waals surface area contributed by atoms with Crippen LogP contribution in [0.2, 0.25) is 0 Å². The zero-order valence-corrected chi connectivity index (χ0v) is 31.5. The van der Waals surface area contributed by atoms with Gasteiger partial charge in [0.25, 0.3) is 0 Å². The van der Waals surface area contributed by atoms with Gasteiger partial charge in [0.15, 0.2) is 0 Å². The van der Waals surface area contributed by atoms with Gasteiger partial charge in [0, 0.05) is 62.9 Å². The first-order valence-electron chi connectivity index (χ1n) is 19.5. The summed E-state index contributed by atoms with van der Waals surface area (Å²) in [5, 5.41) is 8.54. The van der Waals surface area contributed by atoms with Crippen LogP contribution in [0.15, 0.2) is 198 Å². The summed E-state index contributed by atoms with van der Waals surface area (Å²) in [7, 11) is 0. The topological polar surface area (TPSA) is 59.5 Å². The number of rotatable bonds is 9. The highest BCUT2D eigenvalue weighted by Gasteiger charge is 2.27. The van der Waals surface area contributed by atoms with Gasteiger partial charge in [0.05, 0.1) is 39.2 Å². The molecule has 0 saturated carbocycles. The molecular weight excluding hydrogens is 697 g/mol. The lowest BCUT2D eigenvalue weighted by atomic mass is 10.0. The third-order valence-corrected chi connectivity index (χ3v) is 10.9. The molecule has 274 valence electrons. The molecule has 2 aliphatic rings.